The van der Waals surface area contributed by atoms with E-state index < -0.39 is 10.7 Å². The molecule has 0 fully saturated rings. The Morgan fingerprint density at radius 1 is 1.53 bits per heavy atom. The molecule has 0 atom stereocenters. The van der Waals surface area contributed by atoms with E-state index >= 15 is 0 Å². The van der Waals surface area contributed by atoms with Gasteiger partial charge in [-0.3, -0.25) is 10.1 Å². The lowest BCUT2D eigenvalue weighted by Gasteiger charge is -2.10. The number of nitrogens with zero attached hydrogens (tertiary/aromatic N) is 1. The molecule has 0 aliphatic heterocycles. The molecule has 1 aromatic carbocycles. The average molecular weight is 382 g/mol. The molecule has 0 amide bonds. The van der Waals surface area contributed by atoms with Gasteiger partial charge in [0.1, 0.15) is 11.5 Å². The molecule has 0 unspecified atom stereocenters. The zero-order valence-corrected chi connectivity index (χ0v) is 12.9. The van der Waals surface area contributed by atoms with Crippen molar-refractivity contribution in [1.82, 2.24) is 0 Å². The lowest BCUT2D eigenvalue weighted by molar-refractivity contribution is -0.384. The van der Waals surface area contributed by atoms with Crippen molar-refractivity contribution in [2.45, 2.75) is 13.8 Å². The van der Waals surface area contributed by atoms with Crippen molar-refractivity contribution < 1.29 is 14.1 Å². The fourth-order valence-corrected chi connectivity index (χ4v) is 1.86. The van der Waals surface area contributed by atoms with Crippen LogP contribution in [0.5, 0.6) is 0 Å². The standard InChI is InChI=1S/C12H16FIN2O3/c1-8(2)7-19-4-3-15-11-5-9(13)10(14)6-12(11)16(17)18/h5-6,8,15H,3-4,7H2,1-2H3. The normalized spacial score (nSPS) is 10.8. The van der Waals surface area contributed by atoms with E-state index in [4.69, 9.17) is 4.74 Å². The Bertz CT molecular complexity index is 455. The Hall–Kier alpha value is -0.960. The van der Waals surface area contributed by atoms with E-state index in [0.29, 0.717) is 25.7 Å². The molecule has 106 valence electrons. The summed E-state index contributed by atoms with van der Waals surface area (Å²) in [6, 6.07) is 2.36. The van der Waals surface area contributed by atoms with E-state index in [1.54, 1.807) is 22.6 Å². The van der Waals surface area contributed by atoms with Gasteiger partial charge in [0.25, 0.3) is 5.69 Å². The van der Waals surface area contributed by atoms with Gasteiger partial charge in [-0.05, 0) is 28.5 Å². The number of hydrogen-bond donors (Lipinski definition) is 1. The summed E-state index contributed by atoms with van der Waals surface area (Å²) in [5, 5.41) is 13.7. The van der Waals surface area contributed by atoms with Crippen molar-refractivity contribution in [2.75, 3.05) is 25.1 Å². The van der Waals surface area contributed by atoms with Crippen LogP contribution in [0.4, 0.5) is 15.8 Å². The molecule has 0 saturated heterocycles. The number of nitro benzene ring substituents is 1. The lowest BCUT2D eigenvalue weighted by Crippen LogP contribution is -2.13. The van der Waals surface area contributed by atoms with E-state index in [1.807, 2.05) is 13.8 Å². The first-order valence-corrected chi connectivity index (χ1v) is 6.94. The minimum atomic E-state index is -0.529. The molecule has 0 aromatic heterocycles. The van der Waals surface area contributed by atoms with Crippen molar-refractivity contribution in [1.29, 1.82) is 0 Å². The Kier molecular flexibility index (Phi) is 6.43. The Morgan fingerprint density at radius 3 is 2.79 bits per heavy atom. The van der Waals surface area contributed by atoms with E-state index in [9.17, 15) is 14.5 Å². The van der Waals surface area contributed by atoms with Crippen molar-refractivity contribution in [3.05, 3.63) is 31.6 Å². The molecule has 1 rings (SSSR count). The zero-order valence-electron chi connectivity index (χ0n) is 10.8. The second-order valence-corrected chi connectivity index (χ2v) is 5.60. The molecular weight excluding hydrogens is 366 g/mol. The SMILES string of the molecule is CC(C)COCCNc1cc(F)c(I)cc1[N+](=O)[O-]. The first-order chi connectivity index (χ1) is 8.91. The number of ether oxygens (including phenoxy) is 1. The Balaban J connectivity index is 2.62. The maximum atomic E-state index is 13.4. The summed E-state index contributed by atoms with van der Waals surface area (Å²) in [4.78, 5) is 10.3. The zero-order chi connectivity index (χ0) is 14.4. The quantitative estimate of drug-likeness (QED) is 0.340. The highest BCUT2D eigenvalue weighted by atomic mass is 127. The molecule has 19 heavy (non-hydrogen) atoms. The minimum absolute atomic E-state index is 0.130. The van der Waals surface area contributed by atoms with Crippen molar-refractivity contribution in [2.24, 2.45) is 5.92 Å². The summed E-state index contributed by atoms with van der Waals surface area (Å²) in [7, 11) is 0. The highest BCUT2D eigenvalue weighted by Crippen LogP contribution is 2.28. The number of rotatable bonds is 7. The van der Waals surface area contributed by atoms with Gasteiger partial charge in [-0.1, -0.05) is 13.8 Å². The maximum absolute atomic E-state index is 13.4. The fourth-order valence-electron chi connectivity index (χ4n) is 1.41. The maximum Gasteiger partial charge on any atom is 0.293 e. The topological polar surface area (TPSA) is 64.4 Å². The molecule has 7 heteroatoms. The Labute approximate surface area is 124 Å². The Morgan fingerprint density at radius 2 is 2.21 bits per heavy atom. The van der Waals surface area contributed by atoms with E-state index in [0.717, 1.165) is 6.07 Å². The number of anilines is 1. The summed E-state index contributed by atoms with van der Waals surface area (Å²) < 4.78 is 19.0. The smallest absolute Gasteiger partial charge is 0.293 e. The first kappa shape index (κ1) is 16.1. The van der Waals surface area contributed by atoms with Gasteiger partial charge in [-0.15, -0.1) is 0 Å². The summed E-state index contributed by atoms with van der Waals surface area (Å²) in [5.41, 5.74) is 0.0470. The third-order valence-electron chi connectivity index (χ3n) is 2.25. The van der Waals surface area contributed by atoms with Gasteiger partial charge in [0.05, 0.1) is 15.1 Å². The van der Waals surface area contributed by atoms with Crippen molar-refractivity contribution >= 4 is 34.0 Å². The highest BCUT2D eigenvalue weighted by Gasteiger charge is 2.17. The summed E-state index contributed by atoms with van der Waals surface area (Å²) in [5.74, 6) is -0.0399. The van der Waals surface area contributed by atoms with Crippen LogP contribution in [-0.2, 0) is 4.74 Å². The summed E-state index contributed by atoms with van der Waals surface area (Å²) in [6.07, 6.45) is 0. The number of nitro groups is 1. The lowest BCUT2D eigenvalue weighted by atomic mass is 10.2. The van der Waals surface area contributed by atoms with E-state index in [2.05, 4.69) is 5.32 Å². The van der Waals surface area contributed by atoms with Crippen LogP contribution < -0.4 is 5.32 Å². The largest absolute Gasteiger partial charge is 0.379 e. The molecular formula is C12H16FIN2O3. The molecule has 0 heterocycles. The molecule has 0 aliphatic rings. The highest BCUT2D eigenvalue weighted by molar-refractivity contribution is 14.1. The fraction of sp³-hybridized carbons (Fsp3) is 0.500. The average Bonchev–Trinajstić information content (AvgIpc) is 2.32. The van der Waals surface area contributed by atoms with Gasteiger partial charge in [0, 0.05) is 25.3 Å². The van der Waals surface area contributed by atoms with Gasteiger partial charge in [0.2, 0.25) is 0 Å². The van der Waals surface area contributed by atoms with E-state index in [-0.39, 0.29) is 14.9 Å². The van der Waals surface area contributed by atoms with Crippen LogP contribution in [0.15, 0.2) is 12.1 Å². The predicted octanol–water partition coefficient (Wildman–Crippen LogP) is 3.42. The third kappa shape index (κ3) is 5.27. The molecule has 0 bridgehead atoms. The molecule has 1 N–H and O–H groups in total. The number of nitrogens with one attached hydrogen (secondary N) is 1. The third-order valence-corrected chi connectivity index (χ3v) is 3.08. The predicted molar refractivity (Wildman–Crippen MR) is 79.9 cm³/mol. The minimum Gasteiger partial charge on any atom is -0.379 e. The van der Waals surface area contributed by atoms with Crippen LogP contribution in [0.1, 0.15) is 13.8 Å². The van der Waals surface area contributed by atoms with Crippen LogP contribution in [0.2, 0.25) is 0 Å². The molecule has 0 saturated carbocycles. The van der Waals surface area contributed by atoms with Crippen LogP contribution in [0.3, 0.4) is 0 Å². The van der Waals surface area contributed by atoms with Crippen LogP contribution in [-0.4, -0.2) is 24.7 Å². The van der Waals surface area contributed by atoms with Gasteiger partial charge in [0.15, 0.2) is 0 Å². The van der Waals surface area contributed by atoms with Gasteiger partial charge >= 0.3 is 0 Å². The van der Waals surface area contributed by atoms with Gasteiger partial charge in [-0.25, -0.2) is 4.39 Å². The van der Waals surface area contributed by atoms with Crippen molar-refractivity contribution in [3.8, 4) is 0 Å². The number of benzene rings is 1. The van der Waals surface area contributed by atoms with Gasteiger partial charge < -0.3 is 10.1 Å². The molecule has 1 aromatic rings. The molecule has 0 aliphatic carbocycles. The van der Waals surface area contributed by atoms with Crippen LogP contribution in [0, 0.1) is 25.4 Å². The molecule has 5 nitrogen and oxygen atoms in total. The summed E-state index contributed by atoms with van der Waals surface area (Å²) in [6.45, 7) is 5.51. The first-order valence-electron chi connectivity index (χ1n) is 5.87. The number of halogens is 2. The van der Waals surface area contributed by atoms with Gasteiger partial charge in [-0.2, -0.15) is 0 Å². The van der Waals surface area contributed by atoms with Crippen LogP contribution >= 0.6 is 22.6 Å². The summed E-state index contributed by atoms with van der Waals surface area (Å²) >= 11 is 1.73. The molecule has 0 radical (unpaired) electrons. The number of hydrogen-bond acceptors (Lipinski definition) is 4. The monoisotopic (exact) mass is 382 g/mol. The molecule has 0 spiro atoms. The second-order valence-electron chi connectivity index (χ2n) is 4.44. The van der Waals surface area contributed by atoms with E-state index in [1.165, 1.54) is 6.07 Å². The van der Waals surface area contributed by atoms with Crippen LogP contribution in [0.25, 0.3) is 0 Å². The second kappa shape index (κ2) is 7.59. The van der Waals surface area contributed by atoms with Crippen molar-refractivity contribution in [3.63, 3.8) is 0 Å².